The van der Waals surface area contributed by atoms with Crippen molar-refractivity contribution in [3.63, 3.8) is 0 Å². The van der Waals surface area contributed by atoms with Crippen molar-refractivity contribution in [1.82, 2.24) is 9.88 Å². The molecule has 0 unspecified atom stereocenters. The molecule has 4 rings (SSSR count). The van der Waals surface area contributed by atoms with Gasteiger partial charge in [-0.1, -0.05) is 18.9 Å². The van der Waals surface area contributed by atoms with Gasteiger partial charge in [0.05, 0.1) is 12.2 Å². The summed E-state index contributed by atoms with van der Waals surface area (Å²) >= 11 is 0. The van der Waals surface area contributed by atoms with Crippen LogP contribution in [0.1, 0.15) is 56.9 Å². The molecule has 3 heterocycles. The molecule has 0 aromatic carbocycles. The van der Waals surface area contributed by atoms with E-state index in [0.717, 1.165) is 31.2 Å². The van der Waals surface area contributed by atoms with E-state index in [4.69, 9.17) is 9.47 Å². The van der Waals surface area contributed by atoms with Gasteiger partial charge in [-0.3, -0.25) is 4.98 Å². The molecule has 0 amide bonds. The minimum Gasteiger partial charge on any atom is -0.377 e. The van der Waals surface area contributed by atoms with Gasteiger partial charge in [0.15, 0.2) is 0 Å². The van der Waals surface area contributed by atoms with E-state index in [2.05, 4.69) is 16.0 Å². The van der Waals surface area contributed by atoms with Gasteiger partial charge in [-0.2, -0.15) is 0 Å². The largest absolute Gasteiger partial charge is 0.377 e. The minimum atomic E-state index is 0.146. The molecule has 2 aliphatic heterocycles. The molecule has 1 atom stereocenters. The summed E-state index contributed by atoms with van der Waals surface area (Å²) in [6.07, 6.45) is 14.2. The third-order valence-electron chi connectivity index (χ3n) is 6.69. The highest BCUT2D eigenvalue weighted by atomic mass is 16.5. The average Bonchev–Trinajstić information content (AvgIpc) is 3.32. The molecular formula is C21H32N2O2. The number of hydrogen-bond donors (Lipinski definition) is 0. The van der Waals surface area contributed by atoms with Crippen LogP contribution in [0.5, 0.6) is 0 Å². The van der Waals surface area contributed by atoms with E-state index in [1.165, 1.54) is 58.0 Å². The molecule has 0 radical (unpaired) electrons. The first-order chi connectivity index (χ1) is 12.4. The van der Waals surface area contributed by atoms with Gasteiger partial charge in [-0.15, -0.1) is 0 Å². The van der Waals surface area contributed by atoms with Gasteiger partial charge in [-0.25, -0.2) is 0 Å². The van der Waals surface area contributed by atoms with Gasteiger partial charge in [0, 0.05) is 44.7 Å². The highest BCUT2D eigenvalue weighted by Crippen LogP contribution is 2.43. The summed E-state index contributed by atoms with van der Waals surface area (Å²) in [4.78, 5) is 6.89. The average molecular weight is 344 g/mol. The fourth-order valence-electron chi connectivity index (χ4n) is 5.18. The number of aromatic nitrogens is 1. The predicted octanol–water partition coefficient (Wildman–Crippen LogP) is 3.80. The van der Waals surface area contributed by atoms with Crippen LogP contribution in [0.4, 0.5) is 0 Å². The van der Waals surface area contributed by atoms with Crippen LogP contribution in [0.25, 0.3) is 0 Å². The third-order valence-corrected chi connectivity index (χ3v) is 6.69. The zero-order valence-corrected chi connectivity index (χ0v) is 15.4. The van der Waals surface area contributed by atoms with Crippen LogP contribution >= 0.6 is 0 Å². The molecule has 2 saturated heterocycles. The number of rotatable bonds is 6. The number of pyridine rings is 1. The Labute approximate surface area is 151 Å². The molecule has 1 aromatic rings. The minimum absolute atomic E-state index is 0.146. The molecule has 1 aliphatic carbocycles. The summed E-state index contributed by atoms with van der Waals surface area (Å²) in [5.74, 6) is 0.673. The zero-order chi connectivity index (χ0) is 17.0. The van der Waals surface area contributed by atoms with Crippen molar-refractivity contribution in [2.75, 3.05) is 26.3 Å². The number of nitrogens with zero attached hydrogens (tertiary/aromatic N) is 2. The molecule has 3 aliphatic rings. The Bertz CT molecular complexity index is 522. The molecule has 25 heavy (non-hydrogen) atoms. The summed E-state index contributed by atoms with van der Waals surface area (Å²) < 4.78 is 12.2. The normalized spacial score (nSPS) is 27.3. The first-order valence-corrected chi connectivity index (χ1v) is 10.2. The smallest absolute Gasteiger partial charge is 0.0736 e. The topological polar surface area (TPSA) is 34.6 Å². The van der Waals surface area contributed by atoms with Crippen LogP contribution in [0.15, 0.2) is 24.5 Å². The second kappa shape index (κ2) is 8.15. The predicted molar refractivity (Wildman–Crippen MR) is 98.4 cm³/mol. The van der Waals surface area contributed by atoms with Crippen LogP contribution in [-0.2, 0) is 16.1 Å². The number of hydrogen-bond acceptors (Lipinski definition) is 4. The standard InChI is InChI=1S/C21H32N2O2/c1-2-6-20(5-1)23-12-9-21(10-13-23)19(8-15-25-21)7-14-24-17-18-4-3-11-22-16-18/h3-4,11,16,19-20H,1-2,5-10,12-15,17H2/t19-/m1/s1. The number of piperidine rings is 1. The lowest BCUT2D eigenvalue weighted by Gasteiger charge is -2.44. The molecule has 3 fully saturated rings. The Morgan fingerprint density at radius 3 is 2.80 bits per heavy atom. The summed E-state index contributed by atoms with van der Waals surface area (Å²) in [5, 5.41) is 0. The maximum atomic E-state index is 6.33. The van der Waals surface area contributed by atoms with Crippen molar-refractivity contribution >= 4 is 0 Å². The molecule has 4 heteroatoms. The van der Waals surface area contributed by atoms with Crippen LogP contribution in [0.2, 0.25) is 0 Å². The highest BCUT2D eigenvalue weighted by molar-refractivity contribution is 5.06. The van der Waals surface area contributed by atoms with Crippen LogP contribution in [0.3, 0.4) is 0 Å². The second-order valence-electron chi connectivity index (χ2n) is 8.08. The Morgan fingerprint density at radius 2 is 2.04 bits per heavy atom. The zero-order valence-electron chi connectivity index (χ0n) is 15.4. The number of ether oxygens (including phenoxy) is 2. The monoisotopic (exact) mass is 344 g/mol. The van der Waals surface area contributed by atoms with Crippen molar-refractivity contribution in [3.05, 3.63) is 30.1 Å². The lowest BCUT2D eigenvalue weighted by molar-refractivity contribution is -0.0777. The van der Waals surface area contributed by atoms with Crippen molar-refractivity contribution in [1.29, 1.82) is 0 Å². The van der Waals surface area contributed by atoms with Crippen molar-refractivity contribution in [2.45, 2.75) is 69.6 Å². The van der Waals surface area contributed by atoms with E-state index in [0.29, 0.717) is 12.5 Å². The number of likely N-dealkylation sites (tertiary alicyclic amines) is 1. The van der Waals surface area contributed by atoms with Gasteiger partial charge in [0.1, 0.15) is 0 Å². The van der Waals surface area contributed by atoms with E-state index in [-0.39, 0.29) is 5.60 Å². The Balaban J connectivity index is 1.23. The first kappa shape index (κ1) is 17.4. The Hall–Kier alpha value is -0.970. The van der Waals surface area contributed by atoms with Gasteiger partial charge >= 0.3 is 0 Å². The van der Waals surface area contributed by atoms with Gasteiger partial charge < -0.3 is 14.4 Å². The summed E-state index contributed by atoms with van der Waals surface area (Å²) in [5.41, 5.74) is 1.30. The fraction of sp³-hybridized carbons (Fsp3) is 0.762. The van der Waals surface area contributed by atoms with Gasteiger partial charge in [0.25, 0.3) is 0 Å². The van der Waals surface area contributed by atoms with Crippen LogP contribution in [0, 0.1) is 5.92 Å². The van der Waals surface area contributed by atoms with Crippen molar-refractivity contribution < 1.29 is 9.47 Å². The SMILES string of the molecule is c1cncc(COCC[C@@H]2CCOC23CCN(C2CCCC2)CC3)c1. The van der Waals surface area contributed by atoms with E-state index < -0.39 is 0 Å². The molecule has 1 spiro atoms. The van der Waals surface area contributed by atoms with E-state index in [1.54, 1.807) is 6.20 Å². The van der Waals surface area contributed by atoms with E-state index >= 15 is 0 Å². The summed E-state index contributed by atoms with van der Waals surface area (Å²) in [6.45, 7) is 4.91. The second-order valence-corrected chi connectivity index (χ2v) is 8.08. The summed E-state index contributed by atoms with van der Waals surface area (Å²) in [6, 6.07) is 4.91. The lowest BCUT2D eigenvalue weighted by atomic mass is 9.78. The van der Waals surface area contributed by atoms with Crippen molar-refractivity contribution in [2.24, 2.45) is 5.92 Å². The van der Waals surface area contributed by atoms with Crippen molar-refractivity contribution in [3.8, 4) is 0 Å². The molecule has 4 nitrogen and oxygen atoms in total. The third kappa shape index (κ3) is 4.07. The molecule has 0 N–H and O–H groups in total. The molecule has 1 aromatic heterocycles. The molecule has 138 valence electrons. The van der Waals surface area contributed by atoms with Crippen LogP contribution < -0.4 is 0 Å². The lowest BCUT2D eigenvalue weighted by Crippen LogP contribution is -2.50. The van der Waals surface area contributed by atoms with E-state index in [1.807, 2.05) is 12.3 Å². The summed E-state index contributed by atoms with van der Waals surface area (Å²) in [7, 11) is 0. The van der Waals surface area contributed by atoms with Gasteiger partial charge in [-0.05, 0) is 56.1 Å². The molecule has 0 bridgehead atoms. The first-order valence-electron chi connectivity index (χ1n) is 10.2. The molecule has 1 saturated carbocycles. The quantitative estimate of drug-likeness (QED) is 0.735. The maximum absolute atomic E-state index is 6.33. The maximum Gasteiger partial charge on any atom is 0.0736 e. The van der Waals surface area contributed by atoms with E-state index in [9.17, 15) is 0 Å². The molecular weight excluding hydrogens is 312 g/mol. The fourth-order valence-corrected chi connectivity index (χ4v) is 5.18. The Kier molecular flexibility index (Phi) is 5.69. The van der Waals surface area contributed by atoms with Gasteiger partial charge in [0.2, 0.25) is 0 Å². The van der Waals surface area contributed by atoms with Crippen LogP contribution in [-0.4, -0.2) is 47.8 Å². The Morgan fingerprint density at radius 1 is 1.20 bits per heavy atom. The highest BCUT2D eigenvalue weighted by Gasteiger charge is 2.46.